The third-order valence-corrected chi connectivity index (χ3v) is 8.98. The SMILES string of the molecule is CN(C)c1nc(NCc2ccccc2)c2ncn([C@@H]3O[C@H](COP(=O)(O)CP(=O)(O)O)[C@@H](O)[C@H]3O)c2n1. The molecule has 17 heteroatoms. The van der Waals surface area contributed by atoms with Gasteiger partial charge in [0.1, 0.15) is 18.3 Å². The van der Waals surface area contributed by atoms with Crippen LogP contribution in [0.5, 0.6) is 0 Å². The molecular formula is C20H28N6O9P2. The van der Waals surface area contributed by atoms with Crippen molar-refractivity contribution >= 4 is 38.1 Å². The second kappa shape index (κ2) is 10.7. The van der Waals surface area contributed by atoms with Crippen LogP contribution in [0.3, 0.4) is 0 Å². The molecule has 1 aliphatic rings. The zero-order valence-corrected chi connectivity index (χ0v) is 21.7. The molecular weight excluding hydrogens is 530 g/mol. The quantitative estimate of drug-likeness (QED) is 0.187. The second-order valence-electron chi connectivity index (χ2n) is 8.72. The van der Waals surface area contributed by atoms with Crippen molar-refractivity contribution in [2.45, 2.75) is 31.1 Å². The van der Waals surface area contributed by atoms with Gasteiger partial charge in [0, 0.05) is 20.6 Å². The lowest BCUT2D eigenvalue weighted by Gasteiger charge is -2.19. The molecule has 1 fully saturated rings. The van der Waals surface area contributed by atoms with Gasteiger partial charge in [0.15, 0.2) is 29.1 Å². The number of aliphatic hydroxyl groups is 2. The van der Waals surface area contributed by atoms with Crippen molar-refractivity contribution in [1.82, 2.24) is 19.5 Å². The van der Waals surface area contributed by atoms with Crippen molar-refractivity contribution in [1.29, 1.82) is 0 Å². The number of aliphatic hydroxyl groups excluding tert-OH is 2. The Kier molecular flexibility index (Phi) is 8.00. The molecule has 15 nitrogen and oxygen atoms in total. The molecule has 5 atom stereocenters. The van der Waals surface area contributed by atoms with E-state index in [9.17, 15) is 24.2 Å². The number of hydrogen-bond donors (Lipinski definition) is 6. The summed E-state index contributed by atoms with van der Waals surface area (Å²) in [6, 6.07) is 9.65. The van der Waals surface area contributed by atoms with E-state index in [1.807, 2.05) is 30.3 Å². The van der Waals surface area contributed by atoms with Crippen molar-refractivity contribution in [2.24, 2.45) is 0 Å². The average molecular weight is 558 g/mol. The maximum Gasteiger partial charge on any atom is 0.340 e. The van der Waals surface area contributed by atoms with E-state index in [2.05, 4.69) is 20.3 Å². The Balaban J connectivity index is 1.58. The number of ether oxygens (including phenoxy) is 1. The van der Waals surface area contributed by atoms with Crippen molar-refractivity contribution in [3.05, 3.63) is 42.2 Å². The van der Waals surface area contributed by atoms with Crippen LogP contribution in [-0.2, 0) is 24.9 Å². The highest BCUT2D eigenvalue weighted by Crippen LogP contribution is 2.55. The van der Waals surface area contributed by atoms with Crippen LogP contribution in [0.1, 0.15) is 11.8 Å². The summed E-state index contributed by atoms with van der Waals surface area (Å²) in [5.41, 5.74) is 1.69. The third-order valence-electron chi connectivity index (χ3n) is 5.53. The van der Waals surface area contributed by atoms with Crippen LogP contribution >= 0.6 is 15.2 Å². The van der Waals surface area contributed by atoms with Gasteiger partial charge in [-0.2, -0.15) is 9.97 Å². The standard InChI is InChI=1S/C20H28N6O9P2/c1-25(2)20-23-17(21-8-12-6-4-3-5-7-12)14-18(24-20)26(10-22-14)19-16(28)15(27)13(35-19)9-34-37(32,33)11-36(29,30)31/h3-7,10,13,15-16,19,27-28H,8-9,11H2,1-2H3,(H,32,33)(H,21,23,24)(H2,29,30,31)/t13-,15-,16-,19-/m1/s1. The fraction of sp³-hybridized carbons (Fsp3) is 0.450. The number of hydrogen-bond acceptors (Lipinski definition) is 11. The van der Waals surface area contributed by atoms with Gasteiger partial charge in [0.25, 0.3) is 0 Å². The summed E-state index contributed by atoms with van der Waals surface area (Å²) in [6.45, 7) is -0.236. The number of anilines is 2. The Morgan fingerprint density at radius 1 is 1.11 bits per heavy atom. The molecule has 202 valence electrons. The van der Waals surface area contributed by atoms with Gasteiger partial charge < -0.3 is 44.4 Å². The van der Waals surface area contributed by atoms with Gasteiger partial charge in [-0.25, -0.2) is 4.98 Å². The van der Waals surface area contributed by atoms with Crippen molar-refractivity contribution in [3.8, 4) is 0 Å². The first-order valence-electron chi connectivity index (χ1n) is 11.1. The van der Waals surface area contributed by atoms with E-state index in [1.54, 1.807) is 19.0 Å². The summed E-state index contributed by atoms with van der Waals surface area (Å²) < 4.78 is 34.9. The number of nitrogens with one attached hydrogen (secondary N) is 1. The largest absolute Gasteiger partial charge is 0.387 e. The van der Waals surface area contributed by atoms with E-state index >= 15 is 0 Å². The minimum absolute atomic E-state index is 0.293. The lowest BCUT2D eigenvalue weighted by molar-refractivity contribution is -0.0483. The highest BCUT2D eigenvalue weighted by molar-refractivity contribution is 7.70. The van der Waals surface area contributed by atoms with E-state index in [0.717, 1.165) is 5.56 Å². The molecule has 6 N–H and O–H groups in total. The predicted molar refractivity (Wildman–Crippen MR) is 132 cm³/mol. The predicted octanol–water partition coefficient (Wildman–Crippen LogP) is 0.461. The van der Waals surface area contributed by atoms with Crippen molar-refractivity contribution in [2.75, 3.05) is 36.8 Å². The second-order valence-corrected chi connectivity index (χ2v) is 12.7. The molecule has 0 spiro atoms. The molecule has 0 amide bonds. The Bertz CT molecular complexity index is 1330. The molecule has 1 aliphatic heterocycles. The summed E-state index contributed by atoms with van der Waals surface area (Å²) in [4.78, 5) is 42.7. The van der Waals surface area contributed by atoms with Crippen LogP contribution in [0.4, 0.5) is 11.8 Å². The number of nitrogens with zero attached hydrogens (tertiary/aromatic N) is 5. The first-order valence-corrected chi connectivity index (χ1v) is 14.6. The zero-order valence-electron chi connectivity index (χ0n) is 19.9. The molecule has 3 aromatic rings. The smallest absolute Gasteiger partial charge is 0.340 e. The summed E-state index contributed by atoms with van der Waals surface area (Å²) >= 11 is 0. The molecule has 4 rings (SSSR count). The van der Waals surface area contributed by atoms with Gasteiger partial charge in [0.05, 0.1) is 12.9 Å². The van der Waals surface area contributed by atoms with Crippen LogP contribution in [-0.4, -0.2) is 89.3 Å². The van der Waals surface area contributed by atoms with Gasteiger partial charge in [-0.3, -0.25) is 13.7 Å². The van der Waals surface area contributed by atoms with Crippen LogP contribution in [0, 0.1) is 0 Å². The van der Waals surface area contributed by atoms with Crippen LogP contribution in [0.2, 0.25) is 0 Å². The van der Waals surface area contributed by atoms with E-state index < -0.39 is 52.2 Å². The average Bonchev–Trinajstić information content (AvgIpc) is 3.36. The van der Waals surface area contributed by atoms with Gasteiger partial charge >= 0.3 is 15.2 Å². The minimum Gasteiger partial charge on any atom is -0.387 e. The lowest BCUT2D eigenvalue weighted by atomic mass is 10.1. The number of imidazole rings is 1. The third kappa shape index (κ3) is 6.52. The van der Waals surface area contributed by atoms with Crippen LogP contribution in [0.25, 0.3) is 11.2 Å². The number of aromatic nitrogens is 4. The number of rotatable bonds is 10. The molecule has 0 bridgehead atoms. The molecule has 1 unspecified atom stereocenters. The van der Waals surface area contributed by atoms with E-state index in [-0.39, 0.29) is 0 Å². The molecule has 0 saturated carbocycles. The Morgan fingerprint density at radius 3 is 2.46 bits per heavy atom. The maximum atomic E-state index is 12.0. The van der Waals surface area contributed by atoms with Gasteiger partial charge in [0.2, 0.25) is 5.95 Å². The minimum atomic E-state index is -4.83. The normalized spacial score (nSPS) is 23.8. The van der Waals surface area contributed by atoms with E-state index in [4.69, 9.17) is 19.0 Å². The van der Waals surface area contributed by atoms with Crippen molar-refractivity contribution in [3.63, 3.8) is 0 Å². The lowest BCUT2D eigenvalue weighted by Crippen LogP contribution is -2.33. The molecule has 0 radical (unpaired) electrons. The molecule has 2 aromatic heterocycles. The van der Waals surface area contributed by atoms with Crippen LogP contribution in [0.15, 0.2) is 36.7 Å². The summed E-state index contributed by atoms with van der Waals surface area (Å²) in [7, 11) is -5.99. The fourth-order valence-corrected chi connectivity index (χ4v) is 6.33. The maximum absolute atomic E-state index is 12.0. The van der Waals surface area contributed by atoms with Crippen LogP contribution < -0.4 is 10.2 Å². The monoisotopic (exact) mass is 558 g/mol. The molecule has 1 aromatic carbocycles. The highest BCUT2D eigenvalue weighted by atomic mass is 31.2. The van der Waals surface area contributed by atoms with E-state index in [1.165, 1.54) is 10.9 Å². The Hall–Kier alpha value is -2.45. The summed E-state index contributed by atoms with van der Waals surface area (Å²) in [5, 5.41) is 24.4. The van der Waals surface area contributed by atoms with E-state index in [0.29, 0.717) is 29.5 Å². The first-order chi connectivity index (χ1) is 17.3. The van der Waals surface area contributed by atoms with Gasteiger partial charge in [-0.1, -0.05) is 30.3 Å². The Labute approximate surface area is 211 Å². The molecule has 0 aliphatic carbocycles. The van der Waals surface area contributed by atoms with Gasteiger partial charge in [-0.05, 0) is 5.56 Å². The summed E-state index contributed by atoms with van der Waals surface area (Å²) in [6.07, 6.45) is -4.14. The summed E-state index contributed by atoms with van der Waals surface area (Å²) in [5.74, 6) is -0.608. The fourth-order valence-electron chi connectivity index (χ4n) is 3.76. The number of fused-ring (bicyclic) bond motifs is 1. The molecule has 3 heterocycles. The van der Waals surface area contributed by atoms with Gasteiger partial charge in [-0.15, -0.1) is 0 Å². The topological polar surface area (TPSA) is 213 Å². The molecule has 1 saturated heterocycles. The number of benzene rings is 1. The molecule has 37 heavy (non-hydrogen) atoms. The van der Waals surface area contributed by atoms with Crippen molar-refractivity contribution < 1.29 is 43.3 Å². The first kappa shape index (κ1) is 27.6. The Morgan fingerprint density at radius 2 is 1.81 bits per heavy atom. The highest BCUT2D eigenvalue weighted by Gasteiger charge is 2.45. The zero-order chi connectivity index (χ0) is 27.0.